The number of hydrogen-bond acceptors (Lipinski definition) is 3. The van der Waals surface area contributed by atoms with Gasteiger partial charge >= 0.3 is 5.97 Å². The molecule has 0 aromatic heterocycles. The summed E-state index contributed by atoms with van der Waals surface area (Å²) in [7, 11) is 2.29. The molecule has 0 bridgehead atoms. The summed E-state index contributed by atoms with van der Waals surface area (Å²) in [5.74, 6) is -0.570. The number of nitriles is 1. The van der Waals surface area contributed by atoms with Crippen molar-refractivity contribution in [1.82, 2.24) is 0 Å². The van der Waals surface area contributed by atoms with E-state index >= 15 is 0 Å². The van der Waals surface area contributed by atoms with Crippen molar-refractivity contribution in [3.05, 3.63) is 58.2 Å². The molecule has 0 fully saturated rings. The molecule has 1 aliphatic heterocycles. The average Bonchev–Trinajstić information content (AvgIpc) is 2.90. The Bertz CT molecular complexity index is 1170. The van der Waals surface area contributed by atoms with Crippen molar-refractivity contribution in [2.75, 3.05) is 11.9 Å². The molecule has 1 aromatic carbocycles. The molecule has 0 saturated carbocycles. The van der Waals surface area contributed by atoms with E-state index in [-0.39, 0.29) is 16.5 Å². The second-order valence-electron chi connectivity index (χ2n) is 13.3. The van der Waals surface area contributed by atoms with Crippen LogP contribution in [0.4, 0.5) is 5.69 Å². The SMILES string of the molecule is CCCCCCC1CC(C)(CCCCCC)N(C)c2ccc(/C=C/C3=CC(=C(\C#N)C(=O)O)/CC(C)(C)C3)cc21. The van der Waals surface area contributed by atoms with Crippen molar-refractivity contribution in [2.45, 2.75) is 130 Å². The Morgan fingerprint density at radius 3 is 2.40 bits per heavy atom. The standard InChI is InChI=1S/C36H52N2O2/c1-7-9-11-13-15-29-25-36(5,20-14-12-10-8-2)38(6)33-19-18-27(22-31(29)33)16-17-28-21-30(24-35(3,4)23-28)32(26-37)34(39)40/h16-19,21-22,29H,7-15,20,23-25H2,1-6H3,(H,39,40)/b17-16+,32-30-. The van der Waals surface area contributed by atoms with Gasteiger partial charge in [0.15, 0.2) is 0 Å². The highest BCUT2D eigenvalue weighted by atomic mass is 16.4. The van der Waals surface area contributed by atoms with Crippen molar-refractivity contribution in [2.24, 2.45) is 5.41 Å². The zero-order valence-corrected chi connectivity index (χ0v) is 26.0. The van der Waals surface area contributed by atoms with Gasteiger partial charge in [0.05, 0.1) is 0 Å². The van der Waals surface area contributed by atoms with Crippen LogP contribution in [0.1, 0.15) is 135 Å². The lowest BCUT2D eigenvalue weighted by Gasteiger charge is -2.49. The van der Waals surface area contributed by atoms with Gasteiger partial charge in [0.1, 0.15) is 11.6 Å². The monoisotopic (exact) mass is 544 g/mol. The third-order valence-electron chi connectivity index (χ3n) is 9.17. The van der Waals surface area contributed by atoms with E-state index in [1.54, 1.807) is 0 Å². The lowest BCUT2D eigenvalue weighted by molar-refractivity contribution is -0.132. The molecular formula is C36H52N2O2. The van der Waals surface area contributed by atoms with Crippen LogP contribution in [0, 0.1) is 16.7 Å². The van der Waals surface area contributed by atoms with Crippen molar-refractivity contribution >= 4 is 17.7 Å². The van der Waals surface area contributed by atoms with Crippen LogP contribution in [-0.2, 0) is 4.79 Å². The number of carboxylic acids is 1. The molecule has 2 aliphatic rings. The predicted molar refractivity (Wildman–Crippen MR) is 169 cm³/mol. The minimum absolute atomic E-state index is 0.0922. The summed E-state index contributed by atoms with van der Waals surface area (Å²) in [5, 5.41) is 18.9. The number of benzene rings is 1. The van der Waals surface area contributed by atoms with Crippen LogP contribution in [0.25, 0.3) is 6.08 Å². The van der Waals surface area contributed by atoms with E-state index < -0.39 is 5.97 Å². The van der Waals surface area contributed by atoms with Crippen LogP contribution in [0.3, 0.4) is 0 Å². The average molecular weight is 545 g/mol. The van der Waals surface area contributed by atoms with E-state index in [0.29, 0.717) is 17.9 Å². The van der Waals surface area contributed by atoms with Gasteiger partial charge in [0, 0.05) is 18.3 Å². The fourth-order valence-electron chi connectivity index (χ4n) is 6.84. The number of fused-ring (bicyclic) bond motifs is 1. The first-order valence-corrected chi connectivity index (χ1v) is 15.7. The molecule has 4 heteroatoms. The molecule has 218 valence electrons. The molecule has 1 aromatic rings. The minimum atomic E-state index is -1.14. The second kappa shape index (κ2) is 14.2. The maximum absolute atomic E-state index is 11.6. The Hall–Kier alpha value is -2.80. The Labute approximate surface area is 243 Å². The first-order valence-electron chi connectivity index (χ1n) is 15.7. The van der Waals surface area contributed by atoms with E-state index in [9.17, 15) is 15.2 Å². The molecule has 0 spiro atoms. The first-order chi connectivity index (χ1) is 19.0. The second-order valence-corrected chi connectivity index (χ2v) is 13.3. The third-order valence-corrected chi connectivity index (χ3v) is 9.17. The number of aliphatic carboxylic acids is 1. The summed E-state index contributed by atoms with van der Waals surface area (Å²) < 4.78 is 0. The van der Waals surface area contributed by atoms with Gasteiger partial charge in [-0.05, 0) is 84.8 Å². The molecular weight excluding hydrogens is 492 g/mol. The van der Waals surface area contributed by atoms with Gasteiger partial charge in [-0.25, -0.2) is 4.79 Å². The fourth-order valence-corrected chi connectivity index (χ4v) is 6.84. The first kappa shape index (κ1) is 31.7. The molecule has 4 nitrogen and oxygen atoms in total. The highest BCUT2D eigenvalue weighted by Gasteiger charge is 2.38. The number of hydrogen-bond donors (Lipinski definition) is 1. The molecule has 1 heterocycles. The molecule has 0 amide bonds. The minimum Gasteiger partial charge on any atom is -0.477 e. The summed E-state index contributed by atoms with van der Waals surface area (Å²) in [6, 6.07) is 8.85. The molecule has 2 atom stereocenters. The highest BCUT2D eigenvalue weighted by molar-refractivity contribution is 5.92. The number of allylic oxidation sites excluding steroid dienone is 4. The number of carboxylic acid groups (broad SMARTS) is 1. The smallest absolute Gasteiger partial charge is 0.346 e. The van der Waals surface area contributed by atoms with Crippen LogP contribution in [0.2, 0.25) is 0 Å². The molecule has 40 heavy (non-hydrogen) atoms. The topological polar surface area (TPSA) is 64.3 Å². The highest BCUT2D eigenvalue weighted by Crippen LogP contribution is 2.47. The van der Waals surface area contributed by atoms with Crippen LogP contribution in [0.15, 0.2) is 47.1 Å². The van der Waals surface area contributed by atoms with Gasteiger partial charge in [-0.1, -0.05) is 103 Å². The molecule has 3 rings (SSSR count). The summed E-state index contributed by atoms with van der Waals surface area (Å²) >= 11 is 0. The van der Waals surface area contributed by atoms with E-state index in [2.05, 4.69) is 76.9 Å². The van der Waals surface area contributed by atoms with Crippen molar-refractivity contribution in [1.29, 1.82) is 5.26 Å². The van der Waals surface area contributed by atoms with Crippen LogP contribution < -0.4 is 4.90 Å². The van der Waals surface area contributed by atoms with Crippen molar-refractivity contribution in [3.8, 4) is 6.07 Å². The maximum atomic E-state index is 11.6. The van der Waals surface area contributed by atoms with E-state index in [0.717, 1.165) is 12.0 Å². The van der Waals surface area contributed by atoms with Crippen LogP contribution in [0.5, 0.6) is 0 Å². The quantitative estimate of drug-likeness (QED) is 0.152. The largest absolute Gasteiger partial charge is 0.477 e. The van der Waals surface area contributed by atoms with Gasteiger partial charge < -0.3 is 10.0 Å². The number of anilines is 1. The van der Waals surface area contributed by atoms with Crippen LogP contribution in [-0.4, -0.2) is 23.7 Å². The summed E-state index contributed by atoms with van der Waals surface area (Å²) in [4.78, 5) is 14.2. The molecule has 1 N–H and O–H groups in total. The Morgan fingerprint density at radius 1 is 1.05 bits per heavy atom. The lowest BCUT2D eigenvalue weighted by atomic mass is 9.73. The van der Waals surface area contributed by atoms with E-state index in [1.165, 1.54) is 87.4 Å². The maximum Gasteiger partial charge on any atom is 0.346 e. The summed E-state index contributed by atoms with van der Waals surface area (Å²) in [6.45, 7) is 11.3. The van der Waals surface area contributed by atoms with Gasteiger partial charge in [0.2, 0.25) is 0 Å². The van der Waals surface area contributed by atoms with E-state index in [4.69, 9.17) is 0 Å². The summed E-state index contributed by atoms with van der Waals surface area (Å²) in [6.07, 6.45) is 21.8. The van der Waals surface area contributed by atoms with E-state index in [1.807, 2.05) is 12.1 Å². The molecule has 1 aliphatic carbocycles. The van der Waals surface area contributed by atoms with Gasteiger partial charge in [-0.15, -0.1) is 0 Å². The Kier molecular flexibility index (Phi) is 11.3. The van der Waals surface area contributed by atoms with Crippen LogP contribution >= 0.6 is 0 Å². The van der Waals surface area contributed by atoms with Crippen molar-refractivity contribution in [3.63, 3.8) is 0 Å². The molecule has 0 saturated heterocycles. The number of rotatable bonds is 13. The lowest BCUT2D eigenvalue weighted by Crippen LogP contribution is -2.48. The van der Waals surface area contributed by atoms with Gasteiger partial charge in [-0.3, -0.25) is 0 Å². The summed E-state index contributed by atoms with van der Waals surface area (Å²) in [5.41, 5.74) is 5.70. The Balaban J connectivity index is 1.91. The third kappa shape index (κ3) is 8.12. The van der Waals surface area contributed by atoms with Gasteiger partial charge in [-0.2, -0.15) is 5.26 Å². The zero-order chi connectivity index (χ0) is 29.3. The van der Waals surface area contributed by atoms with Gasteiger partial charge in [0.25, 0.3) is 0 Å². The number of carbonyl (C=O) groups is 1. The zero-order valence-electron chi connectivity index (χ0n) is 26.0. The number of unbranched alkanes of at least 4 members (excludes halogenated alkanes) is 6. The normalized spacial score (nSPS) is 23.5. The number of nitrogens with zero attached hydrogens (tertiary/aromatic N) is 2. The van der Waals surface area contributed by atoms with Crippen molar-refractivity contribution < 1.29 is 9.90 Å². The predicted octanol–water partition coefficient (Wildman–Crippen LogP) is 9.97. The Morgan fingerprint density at radius 2 is 1.75 bits per heavy atom. The molecule has 2 unspecified atom stereocenters. The molecule has 0 radical (unpaired) electrons. The fraction of sp³-hybridized carbons (Fsp3) is 0.611.